The van der Waals surface area contributed by atoms with E-state index in [1.54, 1.807) is 31.2 Å². The molecule has 0 radical (unpaired) electrons. The summed E-state index contributed by atoms with van der Waals surface area (Å²) in [6.45, 7) is 3.98. The fourth-order valence-electron chi connectivity index (χ4n) is 2.18. The van der Waals surface area contributed by atoms with Gasteiger partial charge in [-0.3, -0.25) is 4.72 Å². The average Bonchev–Trinajstić information content (AvgIpc) is 2.36. The molecule has 21 heavy (non-hydrogen) atoms. The van der Waals surface area contributed by atoms with Crippen LogP contribution in [0.3, 0.4) is 0 Å². The highest BCUT2D eigenvalue weighted by Crippen LogP contribution is 2.24. The van der Waals surface area contributed by atoms with Crippen molar-refractivity contribution in [2.45, 2.75) is 25.3 Å². The van der Waals surface area contributed by atoms with Crippen LogP contribution in [0.5, 0.6) is 0 Å². The quantitative estimate of drug-likeness (QED) is 0.869. The Morgan fingerprint density at radius 1 is 1.19 bits per heavy atom. The van der Waals surface area contributed by atoms with Crippen molar-refractivity contribution in [2.75, 3.05) is 4.72 Å². The second-order valence-corrected chi connectivity index (χ2v) is 7.43. The molecule has 0 amide bonds. The van der Waals surface area contributed by atoms with Crippen LogP contribution in [0.25, 0.3) is 0 Å². The van der Waals surface area contributed by atoms with E-state index in [2.05, 4.69) is 20.7 Å². The third-order valence-corrected chi connectivity index (χ3v) is 5.18. The fourth-order valence-corrected chi connectivity index (χ4v) is 4.12. The minimum atomic E-state index is -3.64. The maximum atomic E-state index is 12.5. The van der Waals surface area contributed by atoms with Crippen molar-refractivity contribution in [3.8, 4) is 0 Å². The van der Waals surface area contributed by atoms with Crippen LogP contribution in [-0.2, 0) is 16.6 Å². The molecule has 0 aliphatic rings. The minimum absolute atomic E-state index is 0.253. The molecule has 0 aliphatic heterocycles. The van der Waals surface area contributed by atoms with E-state index in [0.29, 0.717) is 17.8 Å². The molecular formula is C15H17BrN2O2S. The molecule has 0 bridgehead atoms. The van der Waals surface area contributed by atoms with Gasteiger partial charge in [0.05, 0.1) is 10.6 Å². The molecule has 112 valence electrons. The average molecular weight is 369 g/mol. The van der Waals surface area contributed by atoms with Gasteiger partial charge in [0, 0.05) is 11.0 Å². The van der Waals surface area contributed by atoms with Crippen molar-refractivity contribution in [2.24, 2.45) is 5.73 Å². The van der Waals surface area contributed by atoms with Gasteiger partial charge in [0.25, 0.3) is 10.0 Å². The summed E-state index contributed by atoms with van der Waals surface area (Å²) in [5.74, 6) is 0. The molecule has 0 fully saturated rings. The van der Waals surface area contributed by atoms with Crippen LogP contribution in [0.4, 0.5) is 5.69 Å². The Morgan fingerprint density at radius 2 is 1.90 bits per heavy atom. The van der Waals surface area contributed by atoms with Crippen molar-refractivity contribution in [1.82, 2.24) is 0 Å². The topological polar surface area (TPSA) is 72.2 Å². The zero-order valence-electron chi connectivity index (χ0n) is 11.9. The first-order valence-corrected chi connectivity index (χ1v) is 8.69. The summed E-state index contributed by atoms with van der Waals surface area (Å²) in [5.41, 5.74) is 8.63. The summed E-state index contributed by atoms with van der Waals surface area (Å²) in [6, 6.07) is 10.5. The molecule has 3 N–H and O–H groups in total. The maximum absolute atomic E-state index is 12.5. The van der Waals surface area contributed by atoms with Crippen molar-refractivity contribution in [3.63, 3.8) is 0 Å². The summed E-state index contributed by atoms with van der Waals surface area (Å²) >= 11 is 3.36. The van der Waals surface area contributed by atoms with Crippen LogP contribution in [0.1, 0.15) is 16.7 Å². The molecule has 0 atom stereocenters. The lowest BCUT2D eigenvalue weighted by atomic mass is 10.1. The summed E-state index contributed by atoms with van der Waals surface area (Å²) < 4.78 is 28.5. The van der Waals surface area contributed by atoms with Gasteiger partial charge in [-0.25, -0.2) is 8.42 Å². The van der Waals surface area contributed by atoms with E-state index in [-0.39, 0.29) is 4.90 Å². The van der Waals surface area contributed by atoms with Crippen LogP contribution in [0, 0.1) is 13.8 Å². The molecule has 0 heterocycles. The van der Waals surface area contributed by atoms with E-state index in [9.17, 15) is 8.42 Å². The van der Waals surface area contributed by atoms with E-state index in [4.69, 9.17) is 5.73 Å². The molecule has 0 unspecified atom stereocenters. The summed E-state index contributed by atoms with van der Waals surface area (Å²) in [4.78, 5) is 0.253. The van der Waals surface area contributed by atoms with Crippen molar-refractivity contribution < 1.29 is 8.42 Å². The number of nitrogens with one attached hydrogen (secondary N) is 1. The van der Waals surface area contributed by atoms with Crippen LogP contribution in [0.2, 0.25) is 0 Å². The number of nitrogens with two attached hydrogens (primary N) is 1. The Bertz CT molecular complexity index is 753. The molecule has 0 spiro atoms. The van der Waals surface area contributed by atoms with E-state index >= 15 is 0 Å². The molecule has 2 rings (SSSR count). The first-order valence-electron chi connectivity index (χ1n) is 6.42. The molecule has 0 saturated heterocycles. The normalized spacial score (nSPS) is 11.4. The number of aryl methyl sites for hydroxylation is 1. The zero-order chi connectivity index (χ0) is 15.6. The minimum Gasteiger partial charge on any atom is -0.326 e. The van der Waals surface area contributed by atoms with Gasteiger partial charge in [0.2, 0.25) is 0 Å². The molecule has 4 nitrogen and oxygen atoms in total. The number of hydrogen-bond acceptors (Lipinski definition) is 3. The largest absolute Gasteiger partial charge is 0.326 e. The summed E-state index contributed by atoms with van der Waals surface area (Å²) in [5, 5.41) is 0. The number of hydrogen-bond donors (Lipinski definition) is 2. The van der Waals surface area contributed by atoms with Gasteiger partial charge in [-0.1, -0.05) is 28.1 Å². The summed E-state index contributed by atoms with van der Waals surface area (Å²) in [7, 11) is -3.64. The standard InChI is InChI=1S/C15H17BrN2O2S/c1-10-6-13(16)8-14(7-10)18-21(19,20)15-5-3-4-12(9-17)11(15)2/h3-8,18H,9,17H2,1-2H3. The Labute approximate surface area is 133 Å². The van der Waals surface area contributed by atoms with Gasteiger partial charge in [-0.2, -0.15) is 0 Å². The van der Waals surface area contributed by atoms with Gasteiger partial charge in [0.1, 0.15) is 0 Å². The Balaban J connectivity index is 2.43. The van der Waals surface area contributed by atoms with E-state index in [1.165, 1.54) is 0 Å². The predicted octanol–water partition coefficient (Wildman–Crippen LogP) is 3.33. The third kappa shape index (κ3) is 3.64. The Morgan fingerprint density at radius 3 is 2.52 bits per heavy atom. The van der Waals surface area contributed by atoms with Crippen LogP contribution in [-0.4, -0.2) is 8.42 Å². The van der Waals surface area contributed by atoms with Crippen molar-refractivity contribution >= 4 is 31.6 Å². The molecule has 2 aromatic rings. The maximum Gasteiger partial charge on any atom is 0.262 e. The second kappa shape index (κ2) is 6.17. The smallest absolute Gasteiger partial charge is 0.262 e. The number of benzene rings is 2. The highest BCUT2D eigenvalue weighted by molar-refractivity contribution is 9.10. The van der Waals surface area contributed by atoms with Crippen LogP contribution >= 0.6 is 15.9 Å². The van der Waals surface area contributed by atoms with Gasteiger partial charge < -0.3 is 5.73 Å². The fraction of sp³-hybridized carbons (Fsp3) is 0.200. The number of halogens is 1. The van der Waals surface area contributed by atoms with Crippen LogP contribution in [0.15, 0.2) is 45.8 Å². The lowest BCUT2D eigenvalue weighted by molar-refractivity contribution is 0.600. The van der Waals surface area contributed by atoms with Crippen LogP contribution < -0.4 is 10.5 Å². The van der Waals surface area contributed by atoms with Gasteiger partial charge >= 0.3 is 0 Å². The molecule has 2 aromatic carbocycles. The first kappa shape index (κ1) is 16.0. The molecular weight excluding hydrogens is 352 g/mol. The molecule has 0 saturated carbocycles. The lowest BCUT2D eigenvalue weighted by Crippen LogP contribution is -2.15. The second-order valence-electron chi connectivity index (χ2n) is 4.87. The highest BCUT2D eigenvalue weighted by atomic mass is 79.9. The van der Waals surface area contributed by atoms with E-state index < -0.39 is 10.0 Å². The summed E-state index contributed by atoms with van der Waals surface area (Å²) in [6.07, 6.45) is 0. The zero-order valence-corrected chi connectivity index (χ0v) is 14.3. The van der Waals surface area contributed by atoms with Crippen molar-refractivity contribution in [1.29, 1.82) is 0 Å². The van der Waals surface area contributed by atoms with Crippen molar-refractivity contribution in [3.05, 3.63) is 57.6 Å². The predicted molar refractivity (Wildman–Crippen MR) is 88.8 cm³/mol. The monoisotopic (exact) mass is 368 g/mol. The van der Waals surface area contributed by atoms with E-state index in [1.807, 2.05) is 19.1 Å². The third-order valence-electron chi connectivity index (χ3n) is 3.20. The van der Waals surface area contributed by atoms with Gasteiger partial charge in [0.15, 0.2) is 0 Å². The molecule has 0 aliphatic carbocycles. The molecule has 0 aromatic heterocycles. The SMILES string of the molecule is Cc1cc(Br)cc(NS(=O)(=O)c2cccc(CN)c2C)c1. The number of anilines is 1. The first-order chi connectivity index (χ1) is 9.83. The molecule has 6 heteroatoms. The highest BCUT2D eigenvalue weighted by Gasteiger charge is 2.18. The van der Waals surface area contributed by atoms with Gasteiger partial charge in [-0.05, 0) is 54.8 Å². The Hall–Kier alpha value is -1.37. The number of sulfonamides is 1. The lowest BCUT2D eigenvalue weighted by Gasteiger charge is -2.13. The van der Waals surface area contributed by atoms with Gasteiger partial charge in [-0.15, -0.1) is 0 Å². The Kier molecular flexibility index (Phi) is 4.70. The number of rotatable bonds is 4. The van der Waals surface area contributed by atoms with E-state index in [0.717, 1.165) is 15.6 Å².